The minimum Gasteiger partial charge on any atom is -0.465 e. The predicted molar refractivity (Wildman–Crippen MR) is 173 cm³/mol. The van der Waals surface area contributed by atoms with Crippen LogP contribution in [-0.2, 0) is 38.1 Å². The van der Waals surface area contributed by atoms with Crippen molar-refractivity contribution in [3.05, 3.63) is 11.6 Å². The van der Waals surface area contributed by atoms with Gasteiger partial charge in [0.15, 0.2) is 0 Å². The van der Waals surface area contributed by atoms with Crippen LogP contribution in [-0.4, -0.2) is 49.3 Å². The van der Waals surface area contributed by atoms with Crippen LogP contribution < -0.4 is 0 Å². The van der Waals surface area contributed by atoms with Crippen molar-refractivity contribution in [3.63, 3.8) is 0 Å². The number of carbonyl (C=O) groups is 4. The largest absolute Gasteiger partial charge is 0.465 e. The third-order valence-corrected chi connectivity index (χ3v) is 14.5. The topological polar surface area (TPSA) is 105 Å². The third kappa shape index (κ3) is 5.41. The van der Waals surface area contributed by atoms with Gasteiger partial charge in [0.25, 0.3) is 0 Å². The van der Waals surface area contributed by atoms with Crippen molar-refractivity contribution in [2.75, 3.05) is 13.2 Å². The molecule has 11 atom stereocenters. The number of allylic oxidation sites excluding steroid dienone is 2. The summed E-state index contributed by atoms with van der Waals surface area (Å²) in [5.41, 5.74) is 0.492. The van der Waals surface area contributed by atoms with Gasteiger partial charge in [0, 0.05) is 43.9 Å². The molecule has 5 aliphatic carbocycles. The highest BCUT2D eigenvalue weighted by Gasteiger charge is 2.70. The van der Waals surface area contributed by atoms with Gasteiger partial charge < -0.3 is 18.9 Å². The van der Waals surface area contributed by atoms with Crippen molar-refractivity contribution in [3.8, 4) is 0 Å². The molecule has 0 aromatic carbocycles. The van der Waals surface area contributed by atoms with E-state index in [2.05, 4.69) is 47.6 Å². The van der Waals surface area contributed by atoms with Gasteiger partial charge >= 0.3 is 23.9 Å². The van der Waals surface area contributed by atoms with E-state index in [0.29, 0.717) is 18.9 Å². The summed E-state index contributed by atoms with van der Waals surface area (Å²) in [4.78, 5) is 48.5. The zero-order valence-electron chi connectivity index (χ0n) is 30.0. The minimum atomic E-state index is -0.471. The van der Waals surface area contributed by atoms with Gasteiger partial charge in [0.2, 0.25) is 0 Å². The van der Waals surface area contributed by atoms with Gasteiger partial charge in [0.1, 0.15) is 18.8 Å². The normalized spacial score (nSPS) is 46.2. The maximum Gasteiger partial charge on any atom is 0.302 e. The fourth-order valence-electron chi connectivity index (χ4n) is 11.9. The molecule has 0 amide bonds. The van der Waals surface area contributed by atoms with E-state index in [1.165, 1.54) is 33.3 Å². The summed E-state index contributed by atoms with van der Waals surface area (Å²) >= 11 is 0. The Morgan fingerprint density at radius 1 is 0.674 bits per heavy atom. The monoisotopic (exact) mass is 642 g/mol. The van der Waals surface area contributed by atoms with E-state index in [4.69, 9.17) is 18.9 Å². The van der Waals surface area contributed by atoms with E-state index < -0.39 is 5.41 Å². The molecule has 0 aromatic rings. The summed E-state index contributed by atoms with van der Waals surface area (Å²) in [5.74, 6) is -0.279. The zero-order chi connectivity index (χ0) is 34.1. The van der Waals surface area contributed by atoms with Crippen molar-refractivity contribution in [1.82, 2.24) is 0 Å². The number of esters is 4. The summed E-state index contributed by atoms with van der Waals surface area (Å²) < 4.78 is 23.4. The van der Waals surface area contributed by atoms with Gasteiger partial charge in [-0.1, -0.05) is 53.2 Å². The number of ether oxygens (including phenoxy) is 4. The Hall–Kier alpha value is -2.38. The Morgan fingerprint density at radius 2 is 1.28 bits per heavy atom. The molecule has 258 valence electrons. The molecule has 0 saturated heterocycles. The number of carbonyl (C=O) groups excluding carboxylic acids is 4. The molecule has 0 aliphatic heterocycles. The molecule has 0 aromatic heterocycles. The van der Waals surface area contributed by atoms with Crippen LogP contribution in [0, 0.1) is 50.2 Å². The van der Waals surface area contributed by atoms with E-state index in [1.807, 2.05) is 0 Å². The molecule has 46 heavy (non-hydrogen) atoms. The van der Waals surface area contributed by atoms with Crippen LogP contribution in [0.3, 0.4) is 0 Å². The lowest BCUT2D eigenvalue weighted by Crippen LogP contribution is -2.66. The number of rotatable bonds is 6. The fraction of sp³-hybridized carbons (Fsp3) is 0.842. The molecule has 8 nitrogen and oxygen atoms in total. The van der Waals surface area contributed by atoms with Gasteiger partial charge in [-0.25, -0.2) is 0 Å². The highest BCUT2D eigenvalue weighted by Crippen LogP contribution is 2.76. The summed E-state index contributed by atoms with van der Waals surface area (Å²) in [6, 6.07) is 0. The Balaban J connectivity index is 1.54. The van der Waals surface area contributed by atoms with Crippen LogP contribution in [0.4, 0.5) is 0 Å². The van der Waals surface area contributed by atoms with Crippen LogP contribution in [0.15, 0.2) is 11.6 Å². The summed E-state index contributed by atoms with van der Waals surface area (Å²) in [7, 11) is 0. The molecule has 0 bridgehead atoms. The first-order chi connectivity index (χ1) is 21.2. The standard InChI is InChI=1S/C38H58O8/c1-23(39)43-21-33(5)19-28-27-11-12-30-35(7)15-14-31(45-25(3)41)36(8,22-44-24(2)40)29(35)13-16-38(30,10)37(27,9)18-17-34(28,6)32(20-33)46-26(4)42/h11,28-32H,12-22H2,1-10H3/t28-,29+,30+,31-,32+,33+,34+,35-,36+,37+,38+/m0/s1. The summed E-state index contributed by atoms with van der Waals surface area (Å²) in [5, 5.41) is 0. The van der Waals surface area contributed by atoms with E-state index >= 15 is 0 Å². The smallest absolute Gasteiger partial charge is 0.302 e. The fourth-order valence-corrected chi connectivity index (χ4v) is 11.9. The molecule has 0 unspecified atom stereocenters. The van der Waals surface area contributed by atoms with Crippen LogP contribution in [0.5, 0.6) is 0 Å². The Morgan fingerprint density at radius 3 is 1.89 bits per heavy atom. The second-order valence-corrected chi connectivity index (χ2v) is 17.4. The maximum absolute atomic E-state index is 12.4. The number of hydrogen-bond acceptors (Lipinski definition) is 8. The molecule has 4 fully saturated rings. The van der Waals surface area contributed by atoms with Crippen molar-refractivity contribution in [2.45, 2.75) is 139 Å². The predicted octanol–water partition coefficient (Wildman–Crippen LogP) is 7.37. The zero-order valence-corrected chi connectivity index (χ0v) is 30.0. The molecule has 0 spiro atoms. The lowest BCUT2D eigenvalue weighted by molar-refractivity contribution is -0.229. The van der Waals surface area contributed by atoms with Crippen molar-refractivity contribution in [2.24, 2.45) is 50.2 Å². The highest BCUT2D eigenvalue weighted by molar-refractivity contribution is 5.67. The van der Waals surface area contributed by atoms with E-state index in [-0.39, 0.29) is 81.6 Å². The molecule has 4 saturated carbocycles. The van der Waals surface area contributed by atoms with Crippen LogP contribution >= 0.6 is 0 Å². The van der Waals surface area contributed by atoms with Gasteiger partial charge in [-0.15, -0.1) is 0 Å². The van der Waals surface area contributed by atoms with Gasteiger partial charge in [-0.2, -0.15) is 0 Å². The van der Waals surface area contributed by atoms with Crippen molar-refractivity contribution >= 4 is 23.9 Å². The first-order valence-corrected chi connectivity index (χ1v) is 17.6. The first kappa shape index (κ1) is 34.9. The minimum absolute atomic E-state index is 0.0268. The van der Waals surface area contributed by atoms with Crippen molar-refractivity contribution in [1.29, 1.82) is 0 Å². The van der Waals surface area contributed by atoms with E-state index in [1.54, 1.807) is 0 Å². The molecule has 5 aliphatic rings. The van der Waals surface area contributed by atoms with Crippen LogP contribution in [0.25, 0.3) is 0 Å². The first-order valence-electron chi connectivity index (χ1n) is 17.6. The summed E-state index contributed by atoms with van der Waals surface area (Å²) in [6.07, 6.45) is 10.3. The molecular weight excluding hydrogens is 584 g/mol. The van der Waals surface area contributed by atoms with Gasteiger partial charge in [0.05, 0.1) is 6.61 Å². The average Bonchev–Trinajstić information content (AvgIpc) is 2.94. The maximum atomic E-state index is 12.4. The average molecular weight is 643 g/mol. The van der Waals surface area contributed by atoms with Crippen LogP contribution in [0.1, 0.15) is 127 Å². The quantitative estimate of drug-likeness (QED) is 0.168. The second kappa shape index (κ2) is 11.6. The lowest BCUT2D eigenvalue weighted by atomic mass is 9.33. The Labute approximate surface area is 276 Å². The molecule has 5 rings (SSSR count). The molecule has 0 radical (unpaired) electrons. The SMILES string of the molecule is CC(=O)OC[C@@]1(C)C[C@@H](OC(C)=O)[C@]2(C)CC[C@]3(C)C(=CC[C@@H]4[C@@]5(C)CC[C@H](OC(C)=O)[C@](C)(COC(C)=O)[C@@H]5CC[C@]43C)[C@@H]2C1. The third-order valence-electron chi connectivity index (χ3n) is 14.5. The molecule has 8 heteroatoms. The second-order valence-electron chi connectivity index (χ2n) is 17.4. The van der Waals surface area contributed by atoms with E-state index in [9.17, 15) is 19.2 Å². The van der Waals surface area contributed by atoms with Crippen LogP contribution in [0.2, 0.25) is 0 Å². The number of fused-ring (bicyclic) bond motifs is 7. The van der Waals surface area contributed by atoms with E-state index in [0.717, 1.165) is 51.4 Å². The number of hydrogen-bond donors (Lipinski definition) is 0. The molecule has 0 heterocycles. The Bertz CT molecular complexity index is 1310. The molecular formula is C38H58O8. The lowest BCUT2D eigenvalue weighted by Gasteiger charge is -2.71. The van der Waals surface area contributed by atoms with Gasteiger partial charge in [-0.05, 0) is 91.8 Å². The summed E-state index contributed by atoms with van der Waals surface area (Å²) in [6.45, 7) is 20.6. The van der Waals surface area contributed by atoms with Crippen molar-refractivity contribution < 1.29 is 38.1 Å². The molecule has 0 N–H and O–H groups in total. The Kier molecular flexibility index (Phi) is 8.85. The van der Waals surface area contributed by atoms with Gasteiger partial charge in [-0.3, -0.25) is 19.2 Å². The highest BCUT2D eigenvalue weighted by atomic mass is 16.6.